The lowest BCUT2D eigenvalue weighted by molar-refractivity contribution is 0.0914. The molecule has 2 atom stereocenters. The quantitative estimate of drug-likeness (QED) is 0.835. The predicted molar refractivity (Wildman–Crippen MR) is 107 cm³/mol. The van der Waals surface area contributed by atoms with Crippen molar-refractivity contribution in [2.75, 3.05) is 31.1 Å². The topological polar surface area (TPSA) is 57.3 Å². The molecule has 2 aliphatic heterocycles. The van der Waals surface area contributed by atoms with E-state index in [1.807, 2.05) is 12.1 Å². The first-order valence-electron chi connectivity index (χ1n) is 8.96. The van der Waals surface area contributed by atoms with Crippen LogP contribution in [0.5, 0.6) is 0 Å². The molecule has 2 fully saturated rings. The van der Waals surface area contributed by atoms with Gasteiger partial charge in [0, 0.05) is 25.3 Å². The van der Waals surface area contributed by atoms with Gasteiger partial charge in [0.1, 0.15) is 5.82 Å². The Morgan fingerprint density at radius 2 is 1.92 bits per heavy atom. The number of nitrogens with one attached hydrogen (secondary N) is 2. The third-order valence-corrected chi connectivity index (χ3v) is 5.04. The first-order chi connectivity index (χ1) is 11.2. The number of pyridine rings is 1. The van der Waals surface area contributed by atoms with Gasteiger partial charge in [-0.05, 0) is 50.4 Å². The Kier molecular flexibility index (Phi) is 9.54. The second-order valence-electron chi connectivity index (χ2n) is 6.86. The summed E-state index contributed by atoms with van der Waals surface area (Å²) in [6.45, 7) is 6.27. The van der Waals surface area contributed by atoms with Gasteiger partial charge in [0.2, 0.25) is 0 Å². The standard InChI is InChI=1S/C18H28N4O.2ClH/c1-14-12-19-9-8-16(14)21-18(23)15-6-7-17(20-13-15)22-10-4-2-3-5-11-22;;/h6-7,13-14,16,19H,2-5,8-12H2,1H3,(H,21,23);2*1H. The number of rotatable bonds is 3. The molecular weight excluding hydrogens is 359 g/mol. The highest BCUT2D eigenvalue weighted by Gasteiger charge is 2.23. The fraction of sp³-hybridized carbons (Fsp3) is 0.667. The van der Waals surface area contributed by atoms with Crippen LogP contribution in [-0.4, -0.2) is 43.1 Å². The smallest absolute Gasteiger partial charge is 0.253 e. The second-order valence-corrected chi connectivity index (χ2v) is 6.86. The molecule has 2 saturated heterocycles. The highest BCUT2D eigenvalue weighted by atomic mass is 35.5. The average molecular weight is 389 g/mol. The van der Waals surface area contributed by atoms with Crippen molar-refractivity contribution in [3.05, 3.63) is 23.9 Å². The van der Waals surface area contributed by atoms with E-state index < -0.39 is 0 Å². The lowest BCUT2D eigenvalue weighted by Gasteiger charge is -2.30. The van der Waals surface area contributed by atoms with Gasteiger partial charge in [-0.1, -0.05) is 19.8 Å². The Morgan fingerprint density at radius 1 is 1.20 bits per heavy atom. The first-order valence-corrected chi connectivity index (χ1v) is 8.96. The highest BCUT2D eigenvalue weighted by molar-refractivity contribution is 5.94. The van der Waals surface area contributed by atoms with E-state index in [4.69, 9.17) is 0 Å². The summed E-state index contributed by atoms with van der Waals surface area (Å²) in [7, 11) is 0. The number of hydrogen-bond acceptors (Lipinski definition) is 4. The van der Waals surface area contributed by atoms with E-state index in [2.05, 4.69) is 27.4 Å². The summed E-state index contributed by atoms with van der Waals surface area (Å²) < 4.78 is 0. The van der Waals surface area contributed by atoms with Crippen molar-refractivity contribution in [3.63, 3.8) is 0 Å². The number of carbonyl (C=O) groups excluding carboxylic acids is 1. The molecule has 0 radical (unpaired) electrons. The van der Waals surface area contributed by atoms with Crippen molar-refractivity contribution in [1.29, 1.82) is 0 Å². The summed E-state index contributed by atoms with van der Waals surface area (Å²) in [4.78, 5) is 19.3. The lowest BCUT2D eigenvalue weighted by atomic mass is 9.95. The zero-order valence-electron chi connectivity index (χ0n) is 14.9. The largest absolute Gasteiger partial charge is 0.357 e. The number of halogens is 2. The van der Waals surface area contributed by atoms with E-state index in [0.717, 1.165) is 38.4 Å². The van der Waals surface area contributed by atoms with Crippen LogP contribution >= 0.6 is 24.8 Å². The minimum absolute atomic E-state index is 0. The van der Waals surface area contributed by atoms with Crippen LogP contribution in [-0.2, 0) is 0 Å². The molecule has 142 valence electrons. The fourth-order valence-corrected chi connectivity index (χ4v) is 3.49. The van der Waals surface area contributed by atoms with Crippen LogP contribution in [0.25, 0.3) is 0 Å². The van der Waals surface area contributed by atoms with Crippen molar-refractivity contribution >= 4 is 36.5 Å². The molecule has 5 nitrogen and oxygen atoms in total. The molecule has 0 aromatic carbocycles. The Bertz CT molecular complexity index is 518. The summed E-state index contributed by atoms with van der Waals surface area (Å²) in [5.74, 6) is 1.47. The van der Waals surface area contributed by atoms with Gasteiger partial charge in [0.15, 0.2) is 0 Å². The molecule has 0 aliphatic carbocycles. The molecule has 1 aromatic rings. The lowest BCUT2D eigenvalue weighted by Crippen LogP contribution is -2.48. The summed E-state index contributed by atoms with van der Waals surface area (Å²) in [6, 6.07) is 4.16. The Morgan fingerprint density at radius 3 is 2.52 bits per heavy atom. The number of carbonyl (C=O) groups is 1. The zero-order valence-corrected chi connectivity index (χ0v) is 16.5. The summed E-state index contributed by atoms with van der Waals surface area (Å²) in [5.41, 5.74) is 0.661. The van der Waals surface area contributed by atoms with E-state index >= 15 is 0 Å². The third-order valence-electron chi connectivity index (χ3n) is 5.04. The molecule has 2 aliphatic rings. The van der Waals surface area contributed by atoms with Gasteiger partial charge in [0.25, 0.3) is 5.91 Å². The predicted octanol–water partition coefficient (Wildman–Crippen LogP) is 3.03. The van der Waals surface area contributed by atoms with Gasteiger partial charge in [-0.2, -0.15) is 0 Å². The number of aromatic nitrogens is 1. The van der Waals surface area contributed by atoms with Gasteiger partial charge in [-0.3, -0.25) is 4.79 Å². The van der Waals surface area contributed by atoms with Gasteiger partial charge in [0.05, 0.1) is 5.56 Å². The van der Waals surface area contributed by atoms with E-state index in [0.29, 0.717) is 11.5 Å². The van der Waals surface area contributed by atoms with Crippen LogP contribution in [0.4, 0.5) is 5.82 Å². The summed E-state index contributed by atoms with van der Waals surface area (Å²) in [5, 5.41) is 6.52. The monoisotopic (exact) mass is 388 g/mol. The van der Waals surface area contributed by atoms with Crippen LogP contribution in [0.2, 0.25) is 0 Å². The number of piperidine rings is 1. The van der Waals surface area contributed by atoms with Crippen molar-refractivity contribution in [2.45, 2.75) is 45.1 Å². The molecule has 2 unspecified atom stereocenters. The molecule has 7 heteroatoms. The van der Waals surface area contributed by atoms with E-state index in [1.165, 1.54) is 25.7 Å². The number of hydrogen-bond donors (Lipinski definition) is 2. The zero-order chi connectivity index (χ0) is 16.1. The van der Waals surface area contributed by atoms with E-state index in [1.54, 1.807) is 6.20 Å². The molecule has 0 spiro atoms. The number of nitrogens with zero attached hydrogens (tertiary/aromatic N) is 2. The molecule has 2 N–H and O–H groups in total. The molecule has 25 heavy (non-hydrogen) atoms. The maximum atomic E-state index is 12.4. The minimum Gasteiger partial charge on any atom is -0.357 e. The van der Waals surface area contributed by atoms with Crippen molar-refractivity contribution in [3.8, 4) is 0 Å². The van der Waals surface area contributed by atoms with Gasteiger partial charge in [-0.15, -0.1) is 24.8 Å². The number of anilines is 1. The van der Waals surface area contributed by atoms with Gasteiger partial charge < -0.3 is 15.5 Å². The van der Waals surface area contributed by atoms with Crippen LogP contribution in [0.3, 0.4) is 0 Å². The number of amides is 1. The molecule has 1 amide bonds. The fourth-order valence-electron chi connectivity index (χ4n) is 3.49. The Labute approximate surface area is 163 Å². The Balaban J connectivity index is 0.00000156. The van der Waals surface area contributed by atoms with Crippen molar-refractivity contribution < 1.29 is 4.79 Å². The average Bonchev–Trinajstić information content (AvgIpc) is 2.86. The molecule has 1 aromatic heterocycles. The van der Waals surface area contributed by atoms with E-state index in [-0.39, 0.29) is 36.8 Å². The molecule has 3 rings (SSSR count). The first kappa shape index (κ1) is 22.0. The molecule has 0 bridgehead atoms. The minimum atomic E-state index is -0.00123. The summed E-state index contributed by atoms with van der Waals surface area (Å²) in [6.07, 6.45) is 7.80. The van der Waals surface area contributed by atoms with Crippen LogP contribution < -0.4 is 15.5 Å². The van der Waals surface area contributed by atoms with E-state index in [9.17, 15) is 4.79 Å². The van der Waals surface area contributed by atoms with Crippen LogP contribution in [0.1, 0.15) is 49.4 Å². The third kappa shape index (κ3) is 6.01. The van der Waals surface area contributed by atoms with Gasteiger partial charge >= 0.3 is 0 Å². The van der Waals surface area contributed by atoms with Crippen molar-refractivity contribution in [1.82, 2.24) is 15.6 Å². The second kappa shape index (κ2) is 10.8. The van der Waals surface area contributed by atoms with Gasteiger partial charge in [-0.25, -0.2) is 4.98 Å². The maximum Gasteiger partial charge on any atom is 0.253 e. The summed E-state index contributed by atoms with van der Waals surface area (Å²) >= 11 is 0. The SMILES string of the molecule is CC1CNCCC1NC(=O)c1ccc(N2CCCCCC2)nc1.Cl.Cl. The van der Waals surface area contributed by atoms with Crippen LogP contribution in [0.15, 0.2) is 18.3 Å². The highest BCUT2D eigenvalue weighted by Crippen LogP contribution is 2.18. The molecule has 0 saturated carbocycles. The molecular formula is C18H30Cl2N4O. The Hall–Kier alpha value is -1.04. The maximum absolute atomic E-state index is 12.4. The molecule has 3 heterocycles. The normalized spacial score (nSPS) is 23.6. The van der Waals surface area contributed by atoms with Crippen LogP contribution in [0, 0.1) is 5.92 Å². The van der Waals surface area contributed by atoms with Crippen molar-refractivity contribution in [2.24, 2.45) is 5.92 Å².